The van der Waals surface area contributed by atoms with Crippen molar-refractivity contribution in [3.63, 3.8) is 0 Å². The van der Waals surface area contributed by atoms with E-state index in [1.807, 2.05) is 0 Å². The molecule has 0 radical (unpaired) electrons. The van der Waals surface area contributed by atoms with Gasteiger partial charge in [0.05, 0.1) is 11.6 Å². The molecule has 17 heavy (non-hydrogen) atoms. The minimum Gasteiger partial charge on any atom is -0.358 e. The van der Waals surface area contributed by atoms with Crippen molar-refractivity contribution in [3.05, 3.63) is 11.5 Å². The normalized spacial score (nSPS) is 12.4. The fourth-order valence-electron chi connectivity index (χ4n) is 1.40. The Kier molecular flexibility index (Phi) is 3.10. The zero-order chi connectivity index (χ0) is 12.4. The second-order valence-corrected chi connectivity index (χ2v) is 3.79. The Morgan fingerprint density at radius 3 is 3.00 bits per heavy atom. The number of hydrogen-bond donors (Lipinski definition) is 3. The highest BCUT2D eigenvalue weighted by molar-refractivity contribution is 6.28. The van der Waals surface area contributed by atoms with E-state index >= 15 is 0 Å². The highest BCUT2D eigenvalue weighted by atomic mass is 35.5. The van der Waals surface area contributed by atoms with Crippen LogP contribution in [0.3, 0.4) is 0 Å². The quantitative estimate of drug-likeness (QED) is 0.696. The van der Waals surface area contributed by atoms with Crippen LogP contribution in [0.25, 0.3) is 11.0 Å². The lowest BCUT2D eigenvalue weighted by molar-refractivity contribution is -0.121. The number of hydrogen-bond acceptors (Lipinski definition) is 5. The third kappa shape index (κ3) is 2.28. The molecule has 1 unspecified atom stereocenters. The fourth-order valence-corrected chi connectivity index (χ4v) is 1.57. The molecule has 7 nitrogen and oxygen atoms in total. The van der Waals surface area contributed by atoms with Crippen LogP contribution < -0.4 is 10.6 Å². The van der Waals surface area contributed by atoms with Gasteiger partial charge in [-0.1, -0.05) is 0 Å². The summed E-state index contributed by atoms with van der Waals surface area (Å²) >= 11 is 5.77. The van der Waals surface area contributed by atoms with E-state index in [1.165, 1.54) is 0 Å². The number of likely N-dealkylation sites (N-methyl/N-ethyl adjacent to an activating group) is 1. The van der Waals surface area contributed by atoms with Crippen LogP contribution in [-0.2, 0) is 4.79 Å². The fraction of sp³-hybridized carbons (Fsp3) is 0.333. The van der Waals surface area contributed by atoms with Gasteiger partial charge in [-0.15, -0.1) is 0 Å². The Hall–Kier alpha value is -1.89. The highest BCUT2D eigenvalue weighted by Crippen LogP contribution is 2.20. The number of anilines is 1. The molecule has 0 aliphatic carbocycles. The van der Waals surface area contributed by atoms with Crippen molar-refractivity contribution in [3.8, 4) is 0 Å². The molecule has 0 fully saturated rings. The summed E-state index contributed by atoms with van der Waals surface area (Å²) in [5.74, 6) is 0.334. The number of carbonyl (C=O) groups excluding carboxylic acids is 1. The maximum Gasteiger partial charge on any atom is 0.241 e. The predicted octanol–water partition coefficient (Wildman–Crippen LogP) is 0.553. The van der Waals surface area contributed by atoms with E-state index in [9.17, 15) is 4.79 Å². The largest absolute Gasteiger partial charge is 0.358 e. The topological polar surface area (TPSA) is 95.6 Å². The van der Waals surface area contributed by atoms with E-state index in [0.717, 1.165) is 0 Å². The van der Waals surface area contributed by atoms with E-state index in [4.69, 9.17) is 11.6 Å². The summed E-state index contributed by atoms with van der Waals surface area (Å²) in [6.07, 6.45) is 1.57. The van der Waals surface area contributed by atoms with Crippen LogP contribution in [0.1, 0.15) is 6.92 Å². The molecular formula is C9H11ClN6O. The van der Waals surface area contributed by atoms with Gasteiger partial charge in [0.1, 0.15) is 11.9 Å². The number of H-pyrrole nitrogens is 1. The van der Waals surface area contributed by atoms with Gasteiger partial charge in [0, 0.05) is 7.05 Å². The van der Waals surface area contributed by atoms with Crippen molar-refractivity contribution in [1.82, 2.24) is 25.5 Å². The summed E-state index contributed by atoms with van der Waals surface area (Å²) in [4.78, 5) is 19.4. The lowest BCUT2D eigenvalue weighted by Gasteiger charge is -2.13. The van der Waals surface area contributed by atoms with Crippen LogP contribution in [-0.4, -0.2) is 39.2 Å². The van der Waals surface area contributed by atoms with Gasteiger partial charge in [0.25, 0.3) is 0 Å². The summed E-state index contributed by atoms with van der Waals surface area (Å²) < 4.78 is 0. The molecule has 0 spiro atoms. The van der Waals surface area contributed by atoms with Crippen LogP contribution in [0.5, 0.6) is 0 Å². The summed E-state index contributed by atoms with van der Waals surface area (Å²) in [5.41, 5.74) is 0.525. The Balaban J connectivity index is 2.34. The van der Waals surface area contributed by atoms with Crippen molar-refractivity contribution in [2.45, 2.75) is 13.0 Å². The van der Waals surface area contributed by atoms with Crippen molar-refractivity contribution in [1.29, 1.82) is 0 Å². The molecule has 2 heterocycles. The zero-order valence-corrected chi connectivity index (χ0v) is 10.0. The van der Waals surface area contributed by atoms with Gasteiger partial charge in [0.2, 0.25) is 11.2 Å². The number of nitrogens with zero attached hydrogens (tertiary/aromatic N) is 3. The first-order chi connectivity index (χ1) is 8.11. The molecule has 8 heteroatoms. The minimum absolute atomic E-state index is 0.0911. The van der Waals surface area contributed by atoms with Gasteiger partial charge in [-0.05, 0) is 18.5 Å². The summed E-state index contributed by atoms with van der Waals surface area (Å²) in [6, 6.07) is -0.427. The first-order valence-electron chi connectivity index (χ1n) is 4.96. The maximum absolute atomic E-state index is 11.4. The van der Waals surface area contributed by atoms with E-state index in [0.29, 0.717) is 16.9 Å². The summed E-state index contributed by atoms with van der Waals surface area (Å²) in [6.45, 7) is 1.72. The van der Waals surface area contributed by atoms with Gasteiger partial charge >= 0.3 is 0 Å². The Morgan fingerprint density at radius 2 is 2.29 bits per heavy atom. The van der Waals surface area contributed by atoms with Gasteiger partial charge in [-0.3, -0.25) is 9.89 Å². The van der Waals surface area contributed by atoms with Crippen LogP contribution in [0.2, 0.25) is 5.28 Å². The van der Waals surface area contributed by atoms with Crippen LogP contribution in [0.4, 0.5) is 5.82 Å². The first-order valence-corrected chi connectivity index (χ1v) is 5.34. The molecule has 2 aromatic rings. The molecule has 90 valence electrons. The molecule has 0 bridgehead atoms. The summed E-state index contributed by atoms with van der Waals surface area (Å²) in [5, 5.41) is 12.8. The van der Waals surface area contributed by atoms with E-state index in [-0.39, 0.29) is 11.2 Å². The molecule has 2 aromatic heterocycles. The molecule has 0 aliphatic heterocycles. The Labute approximate surface area is 102 Å². The molecule has 0 saturated carbocycles. The number of amides is 1. The lowest BCUT2D eigenvalue weighted by atomic mass is 10.3. The van der Waals surface area contributed by atoms with Gasteiger partial charge in [0.15, 0.2) is 5.65 Å². The van der Waals surface area contributed by atoms with Gasteiger partial charge in [-0.25, -0.2) is 0 Å². The van der Waals surface area contributed by atoms with Crippen LogP contribution >= 0.6 is 11.6 Å². The smallest absolute Gasteiger partial charge is 0.241 e. The molecular weight excluding hydrogens is 244 g/mol. The average molecular weight is 255 g/mol. The van der Waals surface area contributed by atoms with Crippen molar-refractivity contribution >= 4 is 34.4 Å². The van der Waals surface area contributed by atoms with Crippen LogP contribution in [0, 0.1) is 0 Å². The Bertz CT molecular complexity index is 553. The molecule has 1 atom stereocenters. The SMILES string of the molecule is CNC(=O)C(C)Nc1nc(Cl)nc2[nH]ncc12. The average Bonchev–Trinajstić information content (AvgIpc) is 2.75. The number of fused-ring (bicyclic) bond motifs is 1. The standard InChI is InChI=1S/C9H11ClN6O/c1-4(8(17)11-2)13-6-5-3-12-16-7(5)15-9(10)14-6/h3-4H,1-2H3,(H,11,17)(H2,12,13,14,15,16). The third-order valence-corrected chi connectivity index (χ3v) is 2.44. The van der Waals surface area contributed by atoms with Crippen molar-refractivity contribution in [2.24, 2.45) is 0 Å². The monoisotopic (exact) mass is 254 g/mol. The second-order valence-electron chi connectivity index (χ2n) is 3.45. The molecule has 1 amide bonds. The summed E-state index contributed by atoms with van der Waals surface area (Å²) in [7, 11) is 1.57. The number of halogens is 1. The van der Waals surface area contributed by atoms with Gasteiger partial charge in [-0.2, -0.15) is 15.1 Å². The number of aromatic nitrogens is 4. The molecule has 2 rings (SSSR count). The molecule has 0 saturated heterocycles. The third-order valence-electron chi connectivity index (χ3n) is 2.28. The Morgan fingerprint density at radius 1 is 1.53 bits per heavy atom. The van der Waals surface area contributed by atoms with Crippen molar-refractivity contribution in [2.75, 3.05) is 12.4 Å². The minimum atomic E-state index is -0.427. The van der Waals surface area contributed by atoms with E-state index < -0.39 is 6.04 Å². The predicted molar refractivity (Wildman–Crippen MR) is 63.8 cm³/mol. The number of aromatic amines is 1. The maximum atomic E-state index is 11.4. The zero-order valence-electron chi connectivity index (χ0n) is 9.28. The molecule has 0 aromatic carbocycles. The van der Waals surface area contributed by atoms with Gasteiger partial charge < -0.3 is 10.6 Å². The van der Waals surface area contributed by atoms with E-state index in [1.54, 1.807) is 20.2 Å². The highest BCUT2D eigenvalue weighted by Gasteiger charge is 2.15. The van der Waals surface area contributed by atoms with E-state index in [2.05, 4.69) is 30.8 Å². The number of rotatable bonds is 3. The lowest BCUT2D eigenvalue weighted by Crippen LogP contribution is -2.35. The second kappa shape index (κ2) is 4.54. The van der Waals surface area contributed by atoms with Crippen LogP contribution in [0.15, 0.2) is 6.20 Å². The molecule has 0 aliphatic rings. The number of carbonyl (C=O) groups is 1. The molecule has 3 N–H and O–H groups in total. The van der Waals surface area contributed by atoms with Crippen molar-refractivity contribution < 1.29 is 4.79 Å². The number of nitrogens with one attached hydrogen (secondary N) is 3. The first kappa shape index (κ1) is 11.6.